The highest BCUT2D eigenvalue weighted by Gasteiger charge is 2.52. The number of nitrogens with zero attached hydrogens (tertiary/aromatic N) is 2. The van der Waals surface area contributed by atoms with Crippen molar-refractivity contribution in [2.24, 2.45) is 0 Å². The molecule has 0 unspecified atom stereocenters. The molecule has 2 aromatic heterocycles. The van der Waals surface area contributed by atoms with Gasteiger partial charge in [-0.25, -0.2) is 4.79 Å². The van der Waals surface area contributed by atoms with Crippen molar-refractivity contribution in [3.8, 4) is 0 Å². The second-order valence-corrected chi connectivity index (χ2v) is 8.42. The maximum atomic E-state index is 12.6. The van der Waals surface area contributed by atoms with Gasteiger partial charge in [-0.3, -0.25) is 9.55 Å². The van der Waals surface area contributed by atoms with Gasteiger partial charge in [-0.1, -0.05) is 0 Å². The van der Waals surface area contributed by atoms with Crippen LogP contribution in [0.4, 0.5) is 4.79 Å². The second kappa shape index (κ2) is 5.57. The quantitative estimate of drug-likeness (QED) is 0.744. The summed E-state index contributed by atoms with van der Waals surface area (Å²) >= 11 is 0. The summed E-state index contributed by atoms with van der Waals surface area (Å²) in [5.74, 6) is 0. The molecule has 1 saturated heterocycles. The number of hydrogen-bond donors (Lipinski definition) is 0. The molecule has 0 atom stereocenters. The Bertz CT molecular complexity index is 804. The van der Waals surface area contributed by atoms with E-state index in [9.17, 15) is 4.79 Å². The molecule has 0 radical (unpaired) electrons. The molecule has 6 nitrogen and oxygen atoms in total. The summed E-state index contributed by atoms with van der Waals surface area (Å²) in [6.45, 7) is 13.5. The first-order valence-corrected chi connectivity index (χ1v) is 8.45. The topological polar surface area (TPSA) is 62.6 Å². The first-order chi connectivity index (χ1) is 11.4. The Balaban J connectivity index is 2.05. The van der Waals surface area contributed by atoms with Gasteiger partial charge in [-0.2, -0.15) is 0 Å². The average Bonchev–Trinajstić information content (AvgIpc) is 2.92. The predicted octanol–water partition coefficient (Wildman–Crippen LogP) is 3.12. The van der Waals surface area contributed by atoms with Crippen molar-refractivity contribution in [2.45, 2.75) is 65.3 Å². The van der Waals surface area contributed by atoms with Crippen molar-refractivity contribution >= 4 is 29.6 Å². The van der Waals surface area contributed by atoms with E-state index in [2.05, 4.69) is 4.98 Å². The Morgan fingerprint density at radius 3 is 2.36 bits per heavy atom. The smallest absolute Gasteiger partial charge is 0.443 e. The van der Waals surface area contributed by atoms with Crippen molar-refractivity contribution in [3.63, 3.8) is 0 Å². The van der Waals surface area contributed by atoms with E-state index in [-0.39, 0.29) is 0 Å². The molecular formula is C18H25BN2O4. The van der Waals surface area contributed by atoms with E-state index < -0.39 is 30.0 Å². The molecule has 0 amide bonds. The number of rotatable bonds is 1. The van der Waals surface area contributed by atoms with Gasteiger partial charge in [0.2, 0.25) is 0 Å². The van der Waals surface area contributed by atoms with Crippen molar-refractivity contribution in [2.75, 3.05) is 0 Å². The van der Waals surface area contributed by atoms with Gasteiger partial charge in [0.25, 0.3) is 0 Å². The van der Waals surface area contributed by atoms with Crippen molar-refractivity contribution in [1.82, 2.24) is 9.55 Å². The van der Waals surface area contributed by atoms with Crippen molar-refractivity contribution < 1.29 is 18.8 Å². The number of pyridine rings is 1. The third-order valence-corrected chi connectivity index (χ3v) is 4.73. The Morgan fingerprint density at radius 1 is 1.20 bits per heavy atom. The van der Waals surface area contributed by atoms with Crippen molar-refractivity contribution in [3.05, 3.63) is 24.7 Å². The van der Waals surface area contributed by atoms with Gasteiger partial charge >= 0.3 is 13.2 Å². The second-order valence-electron chi connectivity index (χ2n) is 8.42. The van der Waals surface area contributed by atoms with E-state index in [0.717, 1.165) is 10.8 Å². The normalized spacial score (nSPS) is 19.4. The van der Waals surface area contributed by atoms with E-state index in [1.165, 1.54) is 4.57 Å². The van der Waals surface area contributed by atoms with Crippen LogP contribution in [0.25, 0.3) is 10.9 Å². The number of carbonyl (C=O) groups excluding carboxylic acids is 1. The fraction of sp³-hybridized carbons (Fsp3) is 0.556. The molecule has 1 aliphatic rings. The Kier molecular flexibility index (Phi) is 4.00. The van der Waals surface area contributed by atoms with Crippen LogP contribution in [-0.4, -0.2) is 39.6 Å². The molecule has 3 rings (SSSR count). The summed E-state index contributed by atoms with van der Waals surface area (Å²) in [4.78, 5) is 16.8. The molecule has 25 heavy (non-hydrogen) atoms. The lowest BCUT2D eigenvalue weighted by molar-refractivity contribution is 0.00578. The molecule has 1 fully saturated rings. The number of carbonyl (C=O) groups is 1. The number of aromatic nitrogens is 2. The summed E-state index contributed by atoms with van der Waals surface area (Å²) in [6, 6.07) is 1.79. The maximum Gasteiger partial charge on any atom is 0.497 e. The SMILES string of the molecule is CC(C)(C)OC(=O)n1cc(B2OC(C)(C)C(C)(C)O2)c2cnccc21. The monoisotopic (exact) mass is 344 g/mol. The standard InChI is InChI=1S/C18H25BN2O4/c1-16(2,3)23-15(22)21-11-13(12-10-20-9-8-14(12)21)19-24-17(4,5)18(6,7)25-19/h8-11H,1-7H3. The highest BCUT2D eigenvalue weighted by atomic mass is 16.7. The molecule has 0 N–H and O–H groups in total. The molecule has 2 aromatic rings. The summed E-state index contributed by atoms with van der Waals surface area (Å²) in [5, 5.41) is 0.812. The Morgan fingerprint density at radius 2 is 1.80 bits per heavy atom. The molecular weight excluding hydrogens is 319 g/mol. The zero-order chi connectivity index (χ0) is 18.6. The molecule has 0 bridgehead atoms. The number of ether oxygens (including phenoxy) is 1. The van der Waals surface area contributed by atoms with Crippen LogP contribution in [0.15, 0.2) is 24.7 Å². The van der Waals surface area contributed by atoms with Gasteiger partial charge in [0.15, 0.2) is 0 Å². The minimum absolute atomic E-state index is 0.438. The summed E-state index contributed by atoms with van der Waals surface area (Å²) in [7, 11) is -0.569. The minimum atomic E-state index is -0.578. The third kappa shape index (κ3) is 3.18. The average molecular weight is 344 g/mol. The van der Waals surface area contributed by atoms with E-state index in [1.807, 2.05) is 48.5 Å². The van der Waals surface area contributed by atoms with Crippen LogP contribution in [0, 0.1) is 0 Å². The molecule has 0 saturated carbocycles. The summed E-state index contributed by atoms with van der Waals surface area (Å²) in [5.41, 5.74) is -0.00683. The van der Waals surface area contributed by atoms with Crippen LogP contribution in [0.1, 0.15) is 48.5 Å². The maximum absolute atomic E-state index is 12.6. The number of hydrogen-bond acceptors (Lipinski definition) is 5. The molecule has 1 aliphatic heterocycles. The van der Waals surface area contributed by atoms with Gasteiger partial charge in [-0.05, 0) is 54.5 Å². The van der Waals surface area contributed by atoms with Crippen LogP contribution >= 0.6 is 0 Å². The Labute approximate surface area is 148 Å². The van der Waals surface area contributed by atoms with Crippen LogP contribution in [0.2, 0.25) is 0 Å². The largest absolute Gasteiger partial charge is 0.497 e. The molecule has 0 aromatic carbocycles. The molecule has 7 heteroatoms. The van der Waals surface area contributed by atoms with Gasteiger partial charge < -0.3 is 14.0 Å². The fourth-order valence-electron chi connectivity index (χ4n) is 2.72. The first kappa shape index (κ1) is 18.0. The summed E-state index contributed by atoms with van der Waals surface area (Å²) < 4.78 is 19.3. The van der Waals surface area contributed by atoms with E-state index in [4.69, 9.17) is 14.0 Å². The minimum Gasteiger partial charge on any atom is -0.443 e. The third-order valence-electron chi connectivity index (χ3n) is 4.73. The zero-order valence-corrected chi connectivity index (χ0v) is 15.9. The lowest BCUT2D eigenvalue weighted by Gasteiger charge is -2.32. The van der Waals surface area contributed by atoms with E-state index in [1.54, 1.807) is 24.7 Å². The highest BCUT2D eigenvalue weighted by Crippen LogP contribution is 2.37. The lowest BCUT2D eigenvalue weighted by atomic mass is 9.79. The van der Waals surface area contributed by atoms with Crippen LogP contribution in [0.3, 0.4) is 0 Å². The van der Waals surface area contributed by atoms with Crippen molar-refractivity contribution in [1.29, 1.82) is 0 Å². The molecule has 3 heterocycles. The molecule has 0 spiro atoms. The van der Waals surface area contributed by atoms with Gasteiger partial charge in [0, 0.05) is 29.4 Å². The van der Waals surface area contributed by atoms with Gasteiger partial charge in [0.05, 0.1) is 16.7 Å². The number of fused-ring (bicyclic) bond motifs is 1. The van der Waals surface area contributed by atoms with E-state index >= 15 is 0 Å². The van der Waals surface area contributed by atoms with Crippen LogP contribution in [-0.2, 0) is 14.0 Å². The van der Waals surface area contributed by atoms with Gasteiger partial charge in [-0.15, -0.1) is 0 Å². The van der Waals surface area contributed by atoms with Crippen LogP contribution in [0.5, 0.6) is 0 Å². The Hall–Kier alpha value is -1.86. The molecule has 134 valence electrons. The molecule has 0 aliphatic carbocycles. The fourth-order valence-corrected chi connectivity index (χ4v) is 2.72. The van der Waals surface area contributed by atoms with Gasteiger partial charge in [0.1, 0.15) is 5.60 Å². The summed E-state index contributed by atoms with van der Waals surface area (Å²) in [6.07, 6.45) is 4.66. The van der Waals surface area contributed by atoms with E-state index in [0.29, 0.717) is 5.52 Å². The first-order valence-electron chi connectivity index (χ1n) is 8.45. The predicted molar refractivity (Wildman–Crippen MR) is 97.1 cm³/mol. The van der Waals surface area contributed by atoms with Crippen LogP contribution < -0.4 is 5.46 Å². The lowest BCUT2D eigenvalue weighted by Crippen LogP contribution is -2.41. The highest BCUT2D eigenvalue weighted by molar-refractivity contribution is 6.65. The zero-order valence-electron chi connectivity index (χ0n) is 15.9.